The maximum Gasteiger partial charge on any atom is 0.298 e. The van der Waals surface area contributed by atoms with Gasteiger partial charge >= 0.3 is 0 Å². The standard InChI is InChI=1S/C7H7NO4S/c8-13(10,11)7-3-1-2-6(4-7)12-5-9/h1-5H,(H2,8,10,11). The van der Waals surface area contributed by atoms with Crippen molar-refractivity contribution in [2.45, 2.75) is 4.90 Å². The zero-order valence-electron chi connectivity index (χ0n) is 6.51. The average Bonchev–Trinajstić information content (AvgIpc) is 2.04. The van der Waals surface area contributed by atoms with Crippen LogP contribution in [0.4, 0.5) is 0 Å². The first-order valence-electron chi connectivity index (χ1n) is 3.27. The van der Waals surface area contributed by atoms with Gasteiger partial charge in [-0.05, 0) is 12.1 Å². The van der Waals surface area contributed by atoms with E-state index in [1.54, 1.807) is 0 Å². The number of rotatable bonds is 3. The van der Waals surface area contributed by atoms with Crippen molar-refractivity contribution < 1.29 is 17.9 Å². The van der Waals surface area contributed by atoms with Crippen LogP contribution < -0.4 is 9.88 Å². The molecule has 0 aliphatic heterocycles. The predicted octanol–water partition coefficient (Wildman–Crippen LogP) is -0.131. The van der Waals surface area contributed by atoms with Crippen molar-refractivity contribution in [2.75, 3.05) is 0 Å². The highest BCUT2D eigenvalue weighted by atomic mass is 32.2. The second kappa shape index (κ2) is 3.55. The summed E-state index contributed by atoms with van der Waals surface area (Å²) in [4.78, 5) is 9.84. The van der Waals surface area contributed by atoms with Crippen molar-refractivity contribution in [3.8, 4) is 5.75 Å². The molecule has 0 radical (unpaired) electrons. The molecule has 2 N–H and O–H groups in total. The molecule has 0 atom stereocenters. The topological polar surface area (TPSA) is 86.5 Å². The van der Waals surface area contributed by atoms with Crippen molar-refractivity contribution in [3.63, 3.8) is 0 Å². The summed E-state index contributed by atoms with van der Waals surface area (Å²) < 4.78 is 26.1. The minimum atomic E-state index is -3.74. The van der Waals surface area contributed by atoms with Crippen LogP contribution in [0, 0.1) is 0 Å². The third-order valence-corrected chi connectivity index (χ3v) is 2.23. The van der Waals surface area contributed by atoms with Gasteiger partial charge in [-0.3, -0.25) is 4.79 Å². The second-order valence-electron chi connectivity index (χ2n) is 2.23. The quantitative estimate of drug-likeness (QED) is 0.690. The van der Waals surface area contributed by atoms with Gasteiger partial charge in [-0.15, -0.1) is 0 Å². The smallest absolute Gasteiger partial charge is 0.298 e. The van der Waals surface area contributed by atoms with E-state index in [1.807, 2.05) is 0 Å². The molecule has 6 heteroatoms. The number of sulfonamides is 1. The van der Waals surface area contributed by atoms with Gasteiger partial charge in [0.15, 0.2) is 0 Å². The highest BCUT2D eigenvalue weighted by Crippen LogP contribution is 2.15. The van der Waals surface area contributed by atoms with Crippen molar-refractivity contribution >= 4 is 16.5 Å². The lowest BCUT2D eigenvalue weighted by atomic mass is 10.3. The second-order valence-corrected chi connectivity index (χ2v) is 3.80. The minimum absolute atomic E-state index is 0.0909. The highest BCUT2D eigenvalue weighted by Gasteiger charge is 2.07. The van der Waals surface area contributed by atoms with Crippen molar-refractivity contribution in [3.05, 3.63) is 24.3 Å². The van der Waals surface area contributed by atoms with E-state index in [4.69, 9.17) is 5.14 Å². The normalized spacial score (nSPS) is 10.8. The van der Waals surface area contributed by atoms with E-state index >= 15 is 0 Å². The molecular weight excluding hydrogens is 194 g/mol. The Hall–Kier alpha value is -1.40. The van der Waals surface area contributed by atoms with Crippen LogP contribution in [0.15, 0.2) is 29.2 Å². The van der Waals surface area contributed by atoms with Gasteiger partial charge in [-0.2, -0.15) is 0 Å². The fourth-order valence-electron chi connectivity index (χ4n) is 0.780. The van der Waals surface area contributed by atoms with Gasteiger partial charge in [0.2, 0.25) is 10.0 Å². The fourth-order valence-corrected chi connectivity index (χ4v) is 1.33. The SMILES string of the molecule is NS(=O)(=O)c1cccc(OC=O)c1. The first-order chi connectivity index (χ1) is 6.04. The molecule has 0 fully saturated rings. The number of carbonyl (C=O) groups excluding carboxylic acids is 1. The lowest BCUT2D eigenvalue weighted by Crippen LogP contribution is -2.11. The first-order valence-corrected chi connectivity index (χ1v) is 4.82. The van der Waals surface area contributed by atoms with Crippen LogP contribution in [-0.2, 0) is 14.8 Å². The van der Waals surface area contributed by atoms with Gasteiger partial charge < -0.3 is 4.74 Å². The Morgan fingerprint density at radius 2 is 2.08 bits per heavy atom. The summed E-state index contributed by atoms with van der Waals surface area (Å²) in [7, 11) is -3.74. The molecule has 0 aliphatic rings. The first kappa shape index (κ1) is 9.69. The van der Waals surface area contributed by atoms with E-state index < -0.39 is 10.0 Å². The number of hydrogen-bond donors (Lipinski definition) is 1. The molecule has 0 saturated heterocycles. The molecule has 0 aromatic heterocycles. The third-order valence-electron chi connectivity index (χ3n) is 1.32. The van der Waals surface area contributed by atoms with Gasteiger partial charge in [-0.25, -0.2) is 13.6 Å². The van der Waals surface area contributed by atoms with E-state index in [-0.39, 0.29) is 17.1 Å². The van der Waals surface area contributed by atoms with Crippen LogP contribution in [0.1, 0.15) is 0 Å². The van der Waals surface area contributed by atoms with Crippen molar-refractivity contribution in [1.29, 1.82) is 0 Å². The summed E-state index contributed by atoms with van der Waals surface area (Å²) >= 11 is 0. The summed E-state index contributed by atoms with van der Waals surface area (Å²) in [6.45, 7) is 0.211. The zero-order valence-corrected chi connectivity index (χ0v) is 7.32. The molecule has 0 bridgehead atoms. The molecule has 1 rings (SSSR count). The Bertz CT molecular complexity index is 412. The molecule has 1 aromatic rings. The minimum Gasteiger partial charge on any atom is -0.429 e. The summed E-state index contributed by atoms with van der Waals surface area (Å²) in [6.07, 6.45) is 0. The average molecular weight is 201 g/mol. The van der Waals surface area contributed by atoms with E-state index in [0.29, 0.717) is 0 Å². The van der Waals surface area contributed by atoms with E-state index in [1.165, 1.54) is 24.3 Å². The Balaban J connectivity index is 3.13. The molecule has 1 aromatic carbocycles. The molecule has 0 unspecified atom stereocenters. The molecule has 5 nitrogen and oxygen atoms in total. The van der Waals surface area contributed by atoms with Crippen molar-refractivity contribution in [2.24, 2.45) is 5.14 Å². The summed E-state index contributed by atoms with van der Waals surface area (Å²) in [6, 6.07) is 5.36. The number of primary sulfonamides is 1. The van der Waals surface area contributed by atoms with E-state index in [2.05, 4.69) is 4.74 Å². The van der Waals surface area contributed by atoms with Crippen molar-refractivity contribution in [1.82, 2.24) is 0 Å². The monoisotopic (exact) mass is 201 g/mol. The van der Waals surface area contributed by atoms with Crippen LogP contribution in [0.25, 0.3) is 0 Å². The Labute approximate surface area is 75.2 Å². The van der Waals surface area contributed by atoms with Crippen LogP contribution in [-0.4, -0.2) is 14.9 Å². The summed E-state index contributed by atoms with van der Waals surface area (Å²) in [5, 5.41) is 4.85. The Morgan fingerprint density at radius 1 is 1.38 bits per heavy atom. The maximum atomic E-state index is 10.8. The number of carbonyl (C=O) groups is 1. The van der Waals surface area contributed by atoms with Crippen LogP contribution in [0.3, 0.4) is 0 Å². The van der Waals surface area contributed by atoms with Crippen LogP contribution in [0.5, 0.6) is 5.75 Å². The van der Waals surface area contributed by atoms with Gasteiger partial charge in [0.25, 0.3) is 6.47 Å². The number of nitrogens with two attached hydrogens (primary N) is 1. The molecule has 0 heterocycles. The van der Waals surface area contributed by atoms with Crippen LogP contribution in [0.2, 0.25) is 0 Å². The largest absolute Gasteiger partial charge is 0.429 e. The zero-order chi connectivity index (χ0) is 9.90. The van der Waals surface area contributed by atoms with Gasteiger partial charge in [0.1, 0.15) is 5.75 Å². The van der Waals surface area contributed by atoms with E-state index in [0.717, 1.165) is 0 Å². The van der Waals surface area contributed by atoms with Crippen LogP contribution >= 0.6 is 0 Å². The van der Waals surface area contributed by atoms with E-state index in [9.17, 15) is 13.2 Å². The molecule has 0 amide bonds. The number of ether oxygens (including phenoxy) is 1. The third kappa shape index (κ3) is 2.53. The molecular formula is C7H7NO4S. The van der Waals surface area contributed by atoms with Gasteiger partial charge in [0.05, 0.1) is 4.90 Å². The highest BCUT2D eigenvalue weighted by molar-refractivity contribution is 7.89. The van der Waals surface area contributed by atoms with Gasteiger partial charge in [-0.1, -0.05) is 6.07 Å². The summed E-state index contributed by atoms with van der Waals surface area (Å²) in [5.41, 5.74) is 0. The Morgan fingerprint density at radius 3 is 2.62 bits per heavy atom. The summed E-state index contributed by atoms with van der Waals surface area (Å²) in [5.74, 6) is 0.140. The molecule has 13 heavy (non-hydrogen) atoms. The molecule has 0 aliphatic carbocycles. The molecule has 0 saturated carbocycles. The number of hydrogen-bond acceptors (Lipinski definition) is 4. The molecule has 70 valence electrons. The maximum absolute atomic E-state index is 10.8. The van der Waals surface area contributed by atoms with Gasteiger partial charge in [0, 0.05) is 6.07 Å². The lowest BCUT2D eigenvalue weighted by molar-refractivity contribution is -0.120. The number of benzene rings is 1. The Kier molecular flexibility index (Phi) is 2.64. The lowest BCUT2D eigenvalue weighted by Gasteiger charge is -2.00. The fraction of sp³-hybridized carbons (Fsp3) is 0. The predicted molar refractivity (Wildman–Crippen MR) is 44.5 cm³/mol. The molecule has 0 spiro atoms.